The fourth-order valence-corrected chi connectivity index (χ4v) is 10.8. The minimum absolute atomic E-state index is 0.0167. The van der Waals surface area contributed by atoms with Crippen LogP contribution in [0.15, 0.2) is 126 Å². The van der Waals surface area contributed by atoms with Gasteiger partial charge < -0.3 is 4.43 Å². The van der Waals surface area contributed by atoms with Crippen LogP contribution >= 0.6 is 11.8 Å². The van der Waals surface area contributed by atoms with Crippen LogP contribution in [0.25, 0.3) is 0 Å². The first-order valence-electron chi connectivity index (χ1n) is 14.2. The molecule has 0 aromatic heterocycles. The quantitative estimate of drug-likeness (QED) is 0.0879. The van der Waals surface area contributed by atoms with E-state index in [4.69, 9.17) is 4.43 Å². The van der Waals surface area contributed by atoms with Crippen LogP contribution in [0.2, 0.25) is 19.6 Å². The Bertz CT molecular complexity index is 1290. The standard InChI is InChI=1S/C36H42OSSi2/c1-36(2,3)35(29-31(27-28-39(4,5)6)38-30-19-11-7-12-20-30)37-40(32-21-13-8-14-22-32,33-23-15-9-16-24-33)34-25-17-10-18-26-34/h7-26,31,35H,29H2,1-6H3/t31-,35-/m0/s1. The molecule has 0 radical (unpaired) electrons. The molecule has 0 heterocycles. The number of rotatable bonds is 9. The molecule has 0 unspecified atom stereocenters. The maximum atomic E-state index is 7.73. The first-order chi connectivity index (χ1) is 19.1. The fraction of sp³-hybridized carbons (Fsp3) is 0.278. The Morgan fingerprint density at radius 2 is 1.05 bits per heavy atom. The number of benzene rings is 4. The van der Waals surface area contributed by atoms with Crippen molar-refractivity contribution in [1.29, 1.82) is 0 Å². The van der Waals surface area contributed by atoms with E-state index in [2.05, 4.69) is 173 Å². The topological polar surface area (TPSA) is 9.23 Å². The Hall–Kier alpha value is -2.82. The van der Waals surface area contributed by atoms with E-state index in [1.807, 2.05) is 11.8 Å². The summed E-state index contributed by atoms with van der Waals surface area (Å²) in [4.78, 5) is 1.25. The summed E-state index contributed by atoms with van der Waals surface area (Å²) < 4.78 is 7.73. The molecule has 4 aromatic carbocycles. The van der Waals surface area contributed by atoms with Crippen LogP contribution in [-0.4, -0.2) is 27.7 Å². The van der Waals surface area contributed by atoms with Crippen LogP contribution in [0.1, 0.15) is 27.2 Å². The third-order valence-corrected chi connectivity index (χ3v) is 13.0. The molecule has 2 atom stereocenters. The summed E-state index contributed by atoms with van der Waals surface area (Å²) in [5.41, 5.74) is 3.59. The molecule has 0 aliphatic carbocycles. The second-order valence-electron chi connectivity index (χ2n) is 12.4. The van der Waals surface area contributed by atoms with Crippen LogP contribution in [0.5, 0.6) is 0 Å². The van der Waals surface area contributed by atoms with Crippen molar-refractivity contribution < 1.29 is 4.43 Å². The molecule has 0 N–H and O–H groups in total. The van der Waals surface area contributed by atoms with Gasteiger partial charge in [0.2, 0.25) is 0 Å². The first kappa shape index (κ1) is 30.1. The lowest BCUT2D eigenvalue weighted by atomic mass is 9.86. The minimum Gasteiger partial charge on any atom is -0.401 e. The Morgan fingerprint density at radius 1 is 0.650 bits per heavy atom. The molecular weight excluding hydrogens is 537 g/mol. The molecule has 0 aliphatic rings. The monoisotopic (exact) mass is 578 g/mol. The summed E-state index contributed by atoms with van der Waals surface area (Å²) >= 11 is 1.87. The lowest BCUT2D eigenvalue weighted by Crippen LogP contribution is -2.71. The summed E-state index contributed by atoms with van der Waals surface area (Å²) in [6.07, 6.45) is 0.832. The Morgan fingerprint density at radius 3 is 1.43 bits per heavy atom. The maximum Gasteiger partial charge on any atom is 0.288 e. The van der Waals surface area contributed by atoms with E-state index in [0.717, 1.165) is 6.42 Å². The summed E-state index contributed by atoms with van der Waals surface area (Å²) in [5.74, 6) is 3.73. The third-order valence-electron chi connectivity index (χ3n) is 6.88. The van der Waals surface area contributed by atoms with E-state index in [0.29, 0.717) is 0 Å². The number of hydrogen-bond acceptors (Lipinski definition) is 2. The molecule has 0 aliphatic heterocycles. The molecule has 1 nitrogen and oxygen atoms in total. The van der Waals surface area contributed by atoms with Crippen molar-refractivity contribution in [2.75, 3.05) is 0 Å². The zero-order valence-corrected chi connectivity index (χ0v) is 27.5. The summed E-state index contributed by atoms with van der Waals surface area (Å²) in [6, 6.07) is 43.4. The second-order valence-corrected chi connectivity index (χ2v) is 21.8. The van der Waals surface area contributed by atoms with E-state index in [1.165, 1.54) is 20.5 Å². The molecular formula is C36H42OSSi2. The highest BCUT2D eigenvalue weighted by atomic mass is 32.2. The second kappa shape index (κ2) is 13.2. The van der Waals surface area contributed by atoms with E-state index in [1.54, 1.807) is 0 Å². The van der Waals surface area contributed by atoms with E-state index < -0.39 is 16.4 Å². The number of hydrogen-bond donors (Lipinski definition) is 0. The van der Waals surface area contributed by atoms with Gasteiger partial charge in [0.1, 0.15) is 8.07 Å². The normalized spacial score (nSPS) is 13.7. The molecule has 206 valence electrons. The van der Waals surface area contributed by atoms with Crippen LogP contribution in [-0.2, 0) is 4.43 Å². The van der Waals surface area contributed by atoms with Gasteiger partial charge in [-0.1, -0.05) is 156 Å². The van der Waals surface area contributed by atoms with E-state index in [-0.39, 0.29) is 16.8 Å². The van der Waals surface area contributed by atoms with Gasteiger partial charge in [-0.05, 0) is 39.5 Å². The molecule has 0 saturated heterocycles. The average molecular weight is 579 g/mol. The van der Waals surface area contributed by atoms with Crippen molar-refractivity contribution in [3.63, 3.8) is 0 Å². The van der Waals surface area contributed by atoms with Crippen molar-refractivity contribution in [3.05, 3.63) is 121 Å². The molecule has 0 saturated carbocycles. The molecule has 0 amide bonds. The SMILES string of the molecule is CC(C)(C)[C@H](C[C@H](C#C[Si](C)(C)C)Sc1ccccc1)O[Si](c1ccccc1)(c1ccccc1)c1ccccc1. The molecule has 4 rings (SSSR count). The Balaban J connectivity index is 1.85. The molecule has 4 heteroatoms. The molecule has 4 aromatic rings. The average Bonchev–Trinajstić information content (AvgIpc) is 2.95. The molecule has 0 fully saturated rings. The number of thioether (sulfide) groups is 1. The molecule has 0 spiro atoms. The minimum atomic E-state index is -2.86. The van der Waals surface area contributed by atoms with Crippen molar-refractivity contribution >= 4 is 43.7 Å². The smallest absolute Gasteiger partial charge is 0.288 e. The first-order valence-corrected chi connectivity index (χ1v) is 20.5. The zero-order chi connectivity index (χ0) is 28.6. The van der Waals surface area contributed by atoms with Gasteiger partial charge in [0.15, 0.2) is 0 Å². The van der Waals surface area contributed by atoms with Crippen molar-refractivity contribution in [1.82, 2.24) is 0 Å². The third kappa shape index (κ3) is 7.89. The van der Waals surface area contributed by atoms with E-state index in [9.17, 15) is 0 Å². The summed E-state index contributed by atoms with van der Waals surface area (Å²) in [7, 11) is -4.41. The van der Waals surface area contributed by atoms with Crippen LogP contribution in [0, 0.1) is 16.9 Å². The molecule has 40 heavy (non-hydrogen) atoms. The van der Waals surface area contributed by atoms with Gasteiger partial charge in [0.05, 0.1) is 11.4 Å². The Labute approximate surface area is 248 Å². The highest BCUT2D eigenvalue weighted by molar-refractivity contribution is 8.00. The molecule has 0 bridgehead atoms. The fourth-order valence-electron chi connectivity index (χ4n) is 4.81. The predicted octanol–water partition coefficient (Wildman–Crippen LogP) is 7.52. The van der Waals surface area contributed by atoms with Crippen LogP contribution < -0.4 is 15.6 Å². The van der Waals surface area contributed by atoms with E-state index >= 15 is 0 Å². The van der Waals surface area contributed by atoms with Crippen molar-refractivity contribution in [2.45, 2.75) is 63.1 Å². The zero-order valence-electron chi connectivity index (χ0n) is 24.7. The van der Waals surface area contributed by atoms with Gasteiger partial charge in [-0.15, -0.1) is 17.3 Å². The lowest BCUT2D eigenvalue weighted by molar-refractivity contribution is 0.0797. The predicted molar refractivity (Wildman–Crippen MR) is 180 cm³/mol. The summed E-state index contributed by atoms with van der Waals surface area (Å²) in [5, 5.41) is 3.93. The van der Waals surface area contributed by atoms with Crippen molar-refractivity contribution in [3.8, 4) is 11.5 Å². The Kier molecular flexibility index (Phi) is 9.97. The van der Waals surface area contributed by atoms with Crippen LogP contribution in [0.3, 0.4) is 0 Å². The highest BCUT2D eigenvalue weighted by Gasteiger charge is 2.46. The van der Waals surface area contributed by atoms with Crippen LogP contribution in [0.4, 0.5) is 0 Å². The maximum absolute atomic E-state index is 7.73. The summed E-state index contributed by atoms with van der Waals surface area (Å²) in [6.45, 7) is 13.9. The van der Waals surface area contributed by atoms with Gasteiger partial charge in [-0.2, -0.15) is 0 Å². The van der Waals surface area contributed by atoms with Gasteiger partial charge >= 0.3 is 0 Å². The van der Waals surface area contributed by atoms with Gasteiger partial charge in [-0.25, -0.2) is 0 Å². The largest absolute Gasteiger partial charge is 0.401 e. The lowest BCUT2D eigenvalue weighted by Gasteiger charge is -2.42. The van der Waals surface area contributed by atoms with Gasteiger partial charge in [0, 0.05) is 4.90 Å². The van der Waals surface area contributed by atoms with Crippen molar-refractivity contribution in [2.24, 2.45) is 5.41 Å². The highest BCUT2D eigenvalue weighted by Crippen LogP contribution is 2.34. The van der Waals surface area contributed by atoms with Gasteiger partial charge in [-0.3, -0.25) is 0 Å². The van der Waals surface area contributed by atoms with Gasteiger partial charge in [0.25, 0.3) is 8.32 Å².